The lowest BCUT2D eigenvalue weighted by Crippen LogP contribution is -2.41. The lowest BCUT2D eigenvalue weighted by atomic mass is 9.93. The number of hydrogen-bond acceptors (Lipinski definition) is 5. The highest BCUT2D eigenvalue weighted by Gasteiger charge is 2.44. The summed E-state index contributed by atoms with van der Waals surface area (Å²) in [7, 11) is 1.60. The monoisotopic (exact) mass is 680 g/mol. The molecule has 0 unspecified atom stereocenters. The zero-order valence-electron chi connectivity index (χ0n) is 24.2. The number of alkyl halides is 2. The summed E-state index contributed by atoms with van der Waals surface area (Å²) in [6.07, 6.45) is 3.85. The van der Waals surface area contributed by atoms with Crippen LogP contribution in [0.15, 0.2) is 36.4 Å². The Hall–Kier alpha value is -2.63. The van der Waals surface area contributed by atoms with Gasteiger partial charge in [0.15, 0.2) is 0 Å². The molecule has 1 spiro atoms. The van der Waals surface area contributed by atoms with E-state index in [9.17, 15) is 18.4 Å². The molecule has 2 aliphatic heterocycles. The third kappa shape index (κ3) is 7.06. The van der Waals surface area contributed by atoms with Gasteiger partial charge in [-0.3, -0.25) is 9.69 Å². The van der Waals surface area contributed by atoms with Gasteiger partial charge in [-0.25, -0.2) is 13.6 Å². The van der Waals surface area contributed by atoms with Gasteiger partial charge in [-0.05, 0) is 111 Å². The van der Waals surface area contributed by atoms with Crippen LogP contribution >= 0.6 is 22.6 Å². The molecule has 0 radical (unpaired) electrons. The zero-order chi connectivity index (χ0) is 29.6. The predicted molar refractivity (Wildman–Crippen MR) is 168 cm³/mol. The number of benzene rings is 2. The second-order valence-electron chi connectivity index (χ2n) is 12.7. The molecule has 1 aliphatic carbocycles. The molecule has 7 nitrogen and oxygen atoms in total. The molecule has 1 saturated carbocycles. The molecule has 222 valence electrons. The summed E-state index contributed by atoms with van der Waals surface area (Å²) in [5.41, 5.74) is 3.04. The highest BCUT2D eigenvalue weighted by Crippen LogP contribution is 2.54. The average molecular weight is 681 g/mol. The molecule has 2 saturated heterocycles. The molecule has 2 heterocycles. The van der Waals surface area contributed by atoms with E-state index in [4.69, 9.17) is 4.74 Å². The summed E-state index contributed by atoms with van der Waals surface area (Å²) in [4.78, 5) is 32.1. The van der Waals surface area contributed by atoms with Crippen LogP contribution in [0.25, 0.3) is 0 Å². The first-order valence-corrected chi connectivity index (χ1v) is 15.4. The van der Waals surface area contributed by atoms with Crippen molar-refractivity contribution in [3.8, 4) is 0 Å². The number of hydrogen-bond donors (Lipinski definition) is 1. The van der Waals surface area contributed by atoms with Crippen molar-refractivity contribution in [3.63, 3.8) is 0 Å². The first kappa shape index (κ1) is 29.8. The molecule has 10 heteroatoms. The molecule has 41 heavy (non-hydrogen) atoms. The maximum atomic E-state index is 14.0. The predicted octanol–water partition coefficient (Wildman–Crippen LogP) is 7.53. The van der Waals surface area contributed by atoms with Crippen LogP contribution in [0.2, 0.25) is 0 Å². The number of piperidine rings is 2. The Morgan fingerprint density at radius 2 is 1.51 bits per heavy atom. The summed E-state index contributed by atoms with van der Waals surface area (Å²) in [6.45, 7) is 7.52. The van der Waals surface area contributed by atoms with Crippen LogP contribution in [0.1, 0.15) is 69.7 Å². The van der Waals surface area contributed by atoms with Crippen LogP contribution in [0.5, 0.6) is 0 Å². The normalized spacial score (nSPS) is 19.6. The van der Waals surface area contributed by atoms with Crippen molar-refractivity contribution >= 4 is 57.3 Å². The molecular formula is C31H39F2IN4O3. The van der Waals surface area contributed by atoms with Crippen LogP contribution in [0, 0.1) is 8.99 Å². The van der Waals surface area contributed by atoms with Crippen LogP contribution in [0.3, 0.4) is 0 Å². The van der Waals surface area contributed by atoms with Crippen molar-refractivity contribution in [2.24, 2.45) is 5.41 Å². The Kier molecular flexibility index (Phi) is 8.17. The lowest BCUT2D eigenvalue weighted by molar-refractivity contribution is -0.0220. The van der Waals surface area contributed by atoms with E-state index < -0.39 is 17.6 Å². The van der Waals surface area contributed by atoms with E-state index in [1.165, 1.54) is 17.7 Å². The van der Waals surface area contributed by atoms with Crippen molar-refractivity contribution in [1.82, 2.24) is 0 Å². The van der Waals surface area contributed by atoms with Crippen LogP contribution in [-0.2, 0) is 4.74 Å². The van der Waals surface area contributed by atoms with Gasteiger partial charge in [0.1, 0.15) is 5.60 Å². The fraction of sp³-hybridized carbons (Fsp3) is 0.548. The van der Waals surface area contributed by atoms with Gasteiger partial charge >= 0.3 is 6.09 Å². The molecule has 0 aromatic heterocycles. The Bertz CT molecular complexity index is 1300. The SMILES string of the molecule is CN(C(=O)OC(C)(C)C)c1ccc(NC(=O)c2ccc(I)cc2N2CCC3(CC2)CC3)cc1N1CCC(F)(F)CC1. The molecule has 3 fully saturated rings. The number of ether oxygens (including phenoxy) is 1. The van der Waals surface area contributed by atoms with E-state index in [1.807, 2.05) is 17.0 Å². The topological polar surface area (TPSA) is 65.1 Å². The number of amides is 2. The summed E-state index contributed by atoms with van der Waals surface area (Å²) < 4.78 is 34.6. The molecule has 0 bridgehead atoms. The number of carbonyl (C=O) groups is 2. The maximum absolute atomic E-state index is 14.0. The molecule has 3 aliphatic rings. The van der Waals surface area contributed by atoms with E-state index in [1.54, 1.807) is 46.0 Å². The number of carbonyl (C=O) groups excluding carboxylic acids is 2. The highest BCUT2D eigenvalue weighted by molar-refractivity contribution is 14.1. The van der Waals surface area contributed by atoms with Crippen molar-refractivity contribution < 1.29 is 23.1 Å². The standard InChI is InChI=1S/C31H39F2IN4O3/c1-29(2,3)41-28(40)36(4)24-8-6-22(20-26(24)38-17-13-31(32,33)14-18-38)35-27(39)23-7-5-21(34)19-25(23)37-15-11-30(9-10-30)12-16-37/h5-8,19-20H,9-18H2,1-4H3,(H,35,39). The molecular weight excluding hydrogens is 641 g/mol. The largest absolute Gasteiger partial charge is 0.443 e. The van der Waals surface area contributed by atoms with Crippen molar-refractivity contribution in [1.29, 1.82) is 0 Å². The molecule has 0 atom stereocenters. The van der Waals surface area contributed by atoms with Gasteiger partial charge in [-0.1, -0.05) is 0 Å². The molecule has 2 amide bonds. The fourth-order valence-electron chi connectivity index (χ4n) is 5.70. The fourth-order valence-corrected chi connectivity index (χ4v) is 6.17. The summed E-state index contributed by atoms with van der Waals surface area (Å²) in [5, 5.41) is 3.04. The minimum Gasteiger partial charge on any atom is -0.443 e. The molecule has 2 aromatic rings. The minimum atomic E-state index is -2.71. The van der Waals surface area contributed by atoms with Gasteiger partial charge in [0.25, 0.3) is 11.8 Å². The Balaban J connectivity index is 1.40. The van der Waals surface area contributed by atoms with E-state index in [0.717, 1.165) is 35.2 Å². The van der Waals surface area contributed by atoms with E-state index in [0.29, 0.717) is 28.0 Å². The number of nitrogens with one attached hydrogen (secondary N) is 1. The third-order valence-electron chi connectivity index (χ3n) is 8.42. The molecule has 1 N–H and O–H groups in total. The molecule has 2 aromatic carbocycles. The van der Waals surface area contributed by atoms with E-state index in [2.05, 4.69) is 38.9 Å². The van der Waals surface area contributed by atoms with Gasteiger partial charge in [-0.15, -0.1) is 0 Å². The number of halogens is 3. The quantitative estimate of drug-likeness (QED) is 0.331. The summed E-state index contributed by atoms with van der Waals surface area (Å²) >= 11 is 2.28. The van der Waals surface area contributed by atoms with E-state index >= 15 is 0 Å². The Morgan fingerprint density at radius 1 is 0.902 bits per heavy atom. The van der Waals surface area contributed by atoms with Crippen LogP contribution in [0.4, 0.5) is 36.3 Å². The molecule has 5 rings (SSSR count). The lowest BCUT2D eigenvalue weighted by Gasteiger charge is -2.36. The number of rotatable bonds is 5. The maximum Gasteiger partial charge on any atom is 0.414 e. The van der Waals surface area contributed by atoms with Crippen LogP contribution in [-0.4, -0.2) is 56.8 Å². The van der Waals surface area contributed by atoms with Crippen LogP contribution < -0.4 is 20.0 Å². The van der Waals surface area contributed by atoms with Gasteiger partial charge in [0.05, 0.1) is 22.6 Å². The minimum absolute atomic E-state index is 0.136. The average Bonchev–Trinajstić information content (AvgIpc) is 3.66. The second kappa shape index (κ2) is 11.2. The van der Waals surface area contributed by atoms with Crippen molar-refractivity contribution in [2.45, 2.75) is 70.8 Å². The summed E-state index contributed by atoms with van der Waals surface area (Å²) in [5.74, 6) is -2.94. The Labute approximate surface area is 254 Å². The van der Waals surface area contributed by atoms with E-state index in [-0.39, 0.29) is 31.8 Å². The van der Waals surface area contributed by atoms with Gasteiger partial charge in [0.2, 0.25) is 0 Å². The van der Waals surface area contributed by atoms with Gasteiger partial charge < -0.3 is 19.9 Å². The van der Waals surface area contributed by atoms with Crippen molar-refractivity contribution in [2.75, 3.05) is 53.2 Å². The number of anilines is 4. The van der Waals surface area contributed by atoms with Gasteiger partial charge in [0, 0.05) is 55.3 Å². The summed E-state index contributed by atoms with van der Waals surface area (Å²) in [6, 6.07) is 11.1. The van der Waals surface area contributed by atoms with Crippen molar-refractivity contribution in [3.05, 3.63) is 45.5 Å². The second-order valence-corrected chi connectivity index (χ2v) is 13.9. The highest BCUT2D eigenvalue weighted by atomic mass is 127. The third-order valence-corrected chi connectivity index (χ3v) is 9.09. The zero-order valence-corrected chi connectivity index (χ0v) is 26.4. The Morgan fingerprint density at radius 3 is 2.12 bits per heavy atom. The van der Waals surface area contributed by atoms with Gasteiger partial charge in [-0.2, -0.15) is 0 Å². The smallest absolute Gasteiger partial charge is 0.414 e. The number of nitrogens with zero attached hydrogens (tertiary/aromatic N) is 3. The first-order valence-electron chi connectivity index (χ1n) is 14.3. The first-order chi connectivity index (χ1) is 19.2.